The summed E-state index contributed by atoms with van der Waals surface area (Å²) in [6, 6.07) is 5.27. The molecule has 0 atom stereocenters. The molecular weight excluding hydrogens is 204 g/mol. The number of benzene rings is 1. The molecule has 1 aliphatic rings. The highest BCUT2D eigenvalue weighted by molar-refractivity contribution is 6.16. The number of piperidine rings is 1. The highest BCUT2D eigenvalue weighted by Crippen LogP contribution is 2.25. The number of carbonyl (C=O) groups is 2. The lowest BCUT2D eigenvalue weighted by Crippen LogP contribution is -2.40. The maximum absolute atomic E-state index is 11.7. The van der Waals surface area contributed by atoms with Crippen molar-refractivity contribution in [3.8, 4) is 0 Å². The number of imide groups is 1. The van der Waals surface area contributed by atoms with Crippen LogP contribution in [0.4, 0.5) is 11.4 Å². The summed E-state index contributed by atoms with van der Waals surface area (Å²) in [5, 5.41) is 0. The third-order valence-corrected chi connectivity index (χ3v) is 2.62. The average molecular weight is 218 g/mol. The first kappa shape index (κ1) is 10.7. The van der Waals surface area contributed by atoms with Gasteiger partial charge in [-0.25, -0.2) is 0 Å². The average Bonchev–Trinajstić information content (AvgIpc) is 2.15. The van der Waals surface area contributed by atoms with Crippen LogP contribution in [0.25, 0.3) is 0 Å². The summed E-state index contributed by atoms with van der Waals surface area (Å²) in [5.74, 6) is -0.275. The fraction of sp³-hybridized carbons (Fsp3) is 0.333. The van der Waals surface area contributed by atoms with Crippen molar-refractivity contribution >= 4 is 23.2 Å². The van der Waals surface area contributed by atoms with E-state index in [4.69, 9.17) is 5.73 Å². The molecule has 84 valence electrons. The van der Waals surface area contributed by atoms with E-state index in [2.05, 4.69) is 0 Å². The lowest BCUT2D eigenvalue weighted by molar-refractivity contribution is -0.129. The molecule has 0 bridgehead atoms. The molecule has 4 nitrogen and oxygen atoms in total. The summed E-state index contributed by atoms with van der Waals surface area (Å²) in [5.41, 5.74) is 7.81. The molecule has 0 aromatic heterocycles. The van der Waals surface area contributed by atoms with Crippen molar-refractivity contribution in [2.24, 2.45) is 0 Å². The second-order valence-corrected chi connectivity index (χ2v) is 4.08. The van der Waals surface area contributed by atoms with Crippen LogP contribution in [-0.4, -0.2) is 11.8 Å². The van der Waals surface area contributed by atoms with Gasteiger partial charge in [-0.1, -0.05) is 0 Å². The number of amides is 2. The third kappa shape index (κ3) is 1.91. The zero-order valence-electron chi connectivity index (χ0n) is 9.19. The van der Waals surface area contributed by atoms with Crippen LogP contribution in [0.2, 0.25) is 0 Å². The molecular formula is C12H14N2O2. The summed E-state index contributed by atoms with van der Waals surface area (Å²) in [6.45, 7) is 1.89. The predicted molar refractivity (Wildman–Crippen MR) is 61.9 cm³/mol. The fourth-order valence-corrected chi connectivity index (χ4v) is 1.96. The molecule has 0 spiro atoms. The van der Waals surface area contributed by atoms with E-state index in [0.29, 0.717) is 30.6 Å². The summed E-state index contributed by atoms with van der Waals surface area (Å²) < 4.78 is 0. The number of hydrogen-bond acceptors (Lipinski definition) is 3. The van der Waals surface area contributed by atoms with Crippen LogP contribution in [0.15, 0.2) is 18.2 Å². The van der Waals surface area contributed by atoms with Crippen molar-refractivity contribution in [1.82, 2.24) is 0 Å². The van der Waals surface area contributed by atoms with Crippen LogP contribution < -0.4 is 10.6 Å². The molecule has 16 heavy (non-hydrogen) atoms. The van der Waals surface area contributed by atoms with E-state index in [9.17, 15) is 9.59 Å². The topological polar surface area (TPSA) is 63.4 Å². The lowest BCUT2D eigenvalue weighted by Gasteiger charge is -2.25. The van der Waals surface area contributed by atoms with E-state index in [1.807, 2.05) is 13.0 Å². The second kappa shape index (κ2) is 3.96. The van der Waals surface area contributed by atoms with Crippen molar-refractivity contribution < 1.29 is 9.59 Å². The largest absolute Gasteiger partial charge is 0.399 e. The lowest BCUT2D eigenvalue weighted by atomic mass is 10.1. The Morgan fingerprint density at radius 3 is 2.31 bits per heavy atom. The highest BCUT2D eigenvalue weighted by Gasteiger charge is 2.27. The predicted octanol–water partition coefficient (Wildman–Crippen LogP) is 1.62. The van der Waals surface area contributed by atoms with E-state index in [1.54, 1.807) is 12.1 Å². The molecule has 0 radical (unpaired) electrons. The third-order valence-electron chi connectivity index (χ3n) is 2.62. The van der Waals surface area contributed by atoms with Crippen molar-refractivity contribution in [3.63, 3.8) is 0 Å². The van der Waals surface area contributed by atoms with Gasteiger partial charge in [0, 0.05) is 18.5 Å². The molecule has 0 saturated carbocycles. The molecule has 1 fully saturated rings. The molecule has 4 heteroatoms. The summed E-state index contributed by atoms with van der Waals surface area (Å²) in [7, 11) is 0. The van der Waals surface area contributed by atoms with E-state index in [0.717, 1.165) is 5.56 Å². The monoisotopic (exact) mass is 218 g/mol. The molecule has 1 heterocycles. The Balaban J connectivity index is 2.41. The first-order chi connectivity index (χ1) is 7.58. The number of rotatable bonds is 1. The Morgan fingerprint density at radius 2 is 1.75 bits per heavy atom. The number of nitrogens with two attached hydrogens (primary N) is 1. The molecule has 2 N–H and O–H groups in total. The van der Waals surface area contributed by atoms with Crippen LogP contribution in [-0.2, 0) is 9.59 Å². The van der Waals surface area contributed by atoms with Crippen molar-refractivity contribution in [1.29, 1.82) is 0 Å². The van der Waals surface area contributed by atoms with Gasteiger partial charge in [0.05, 0.1) is 5.69 Å². The maximum atomic E-state index is 11.7. The number of nitrogens with zero attached hydrogens (tertiary/aromatic N) is 1. The minimum Gasteiger partial charge on any atom is -0.399 e. The summed E-state index contributed by atoms with van der Waals surface area (Å²) in [4.78, 5) is 24.6. The normalized spacial score (nSPS) is 16.7. The van der Waals surface area contributed by atoms with Crippen molar-refractivity contribution in [2.45, 2.75) is 26.2 Å². The Kier molecular flexibility index (Phi) is 2.64. The Hall–Kier alpha value is -1.84. The molecule has 1 saturated heterocycles. The van der Waals surface area contributed by atoms with Gasteiger partial charge in [0.25, 0.3) is 0 Å². The Morgan fingerprint density at radius 1 is 1.12 bits per heavy atom. The van der Waals surface area contributed by atoms with E-state index in [-0.39, 0.29) is 11.8 Å². The molecule has 2 rings (SSSR count). The maximum Gasteiger partial charge on any atom is 0.233 e. The number of hydrogen-bond donors (Lipinski definition) is 1. The molecule has 1 aromatic rings. The van der Waals surface area contributed by atoms with Crippen LogP contribution >= 0.6 is 0 Å². The van der Waals surface area contributed by atoms with Crippen LogP contribution in [0, 0.1) is 6.92 Å². The van der Waals surface area contributed by atoms with Crippen molar-refractivity contribution in [2.75, 3.05) is 10.6 Å². The molecule has 0 aliphatic carbocycles. The molecule has 1 aromatic carbocycles. The quantitative estimate of drug-likeness (QED) is 0.575. The summed E-state index contributed by atoms with van der Waals surface area (Å²) >= 11 is 0. The van der Waals surface area contributed by atoms with E-state index in [1.165, 1.54) is 4.90 Å². The van der Waals surface area contributed by atoms with Crippen LogP contribution in [0.5, 0.6) is 0 Å². The van der Waals surface area contributed by atoms with Gasteiger partial charge in [-0.2, -0.15) is 0 Å². The minimum absolute atomic E-state index is 0.138. The Bertz CT molecular complexity index is 418. The zero-order chi connectivity index (χ0) is 11.7. The molecule has 2 amide bonds. The van der Waals surface area contributed by atoms with E-state index < -0.39 is 0 Å². The number of aryl methyl sites for hydroxylation is 1. The highest BCUT2D eigenvalue weighted by atomic mass is 16.2. The SMILES string of the molecule is Cc1cc(N)cc(N2C(=O)CCCC2=O)c1. The van der Waals surface area contributed by atoms with Gasteiger partial charge in [0.1, 0.15) is 0 Å². The van der Waals surface area contributed by atoms with Gasteiger partial charge < -0.3 is 5.73 Å². The first-order valence-corrected chi connectivity index (χ1v) is 5.31. The number of carbonyl (C=O) groups excluding carboxylic acids is 2. The van der Waals surface area contributed by atoms with Gasteiger partial charge >= 0.3 is 0 Å². The minimum atomic E-state index is -0.138. The molecule has 0 unspecified atom stereocenters. The number of nitrogen functional groups attached to an aromatic ring is 1. The van der Waals surface area contributed by atoms with Gasteiger partial charge in [-0.05, 0) is 37.1 Å². The van der Waals surface area contributed by atoms with Crippen LogP contribution in [0.1, 0.15) is 24.8 Å². The first-order valence-electron chi connectivity index (χ1n) is 5.31. The van der Waals surface area contributed by atoms with Gasteiger partial charge in [-0.15, -0.1) is 0 Å². The Labute approximate surface area is 94.0 Å². The zero-order valence-corrected chi connectivity index (χ0v) is 9.19. The van der Waals surface area contributed by atoms with Gasteiger partial charge in [0.15, 0.2) is 0 Å². The molecule has 1 aliphatic heterocycles. The number of anilines is 2. The smallest absolute Gasteiger partial charge is 0.233 e. The van der Waals surface area contributed by atoms with Crippen LogP contribution in [0.3, 0.4) is 0 Å². The van der Waals surface area contributed by atoms with E-state index >= 15 is 0 Å². The van der Waals surface area contributed by atoms with Gasteiger partial charge in [0.2, 0.25) is 11.8 Å². The standard InChI is InChI=1S/C12H14N2O2/c1-8-5-9(13)7-10(6-8)14-11(15)3-2-4-12(14)16/h5-7H,2-4,13H2,1H3. The fourth-order valence-electron chi connectivity index (χ4n) is 1.96. The van der Waals surface area contributed by atoms with Crippen molar-refractivity contribution in [3.05, 3.63) is 23.8 Å². The van der Waals surface area contributed by atoms with Gasteiger partial charge in [-0.3, -0.25) is 14.5 Å². The second-order valence-electron chi connectivity index (χ2n) is 4.08. The summed E-state index contributed by atoms with van der Waals surface area (Å²) in [6.07, 6.45) is 1.51.